The van der Waals surface area contributed by atoms with Gasteiger partial charge in [0.2, 0.25) is 0 Å². The Bertz CT molecular complexity index is 241. The topological polar surface area (TPSA) is 22.1 Å². The lowest BCUT2D eigenvalue weighted by atomic mass is 10.4. The molecule has 1 aromatic heterocycles. The van der Waals surface area contributed by atoms with E-state index in [0.717, 1.165) is 0 Å². The third-order valence-corrected chi connectivity index (χ3v) is 1.59. The van der Waals surface area contributed by atoms with Crippen molar-refractivity contribution in [1.29, 1.82) is 0 Å². The monoisotopic (exact) mass is 205 g/mol. The number of aromatic nitrogens is 1. The highest BCUT2D eigenvalue weighted by atomic mass is 79.9. The average Bonchev–Trinajstić information content (AvgIpc) is 1.95. The Labute approximate surface area is 66.2 Å². The van der Waals surface area contributed by atoms with Crippen molar-refractivity contribution < 1.29 is 9.13 Å². The second kappa shape index (κ2) is 2.96. The SMILES string of the molecule is COc1cnc(Br)c(F)c1. The van der Waals surface area contributed by atoms with E-state index >= 15 is 0 Å². The summed E-state index contributed by atoms with van der Waals surface area (Å²) < 4.78 is 17.5. The second-order valence-electron chi connectivity index (χ2n) is 1.65. The molecule has 1 aromatic rings. The summed E-state index contributed by atoms with van der Waals surface area (Å²) in [6, 6.07) is 1.26. The summed E-state index contributed by atoms with van der Waals surface area (Å²) in [7, 11) is 1.46. The number of hydrogen-bond donors (Lipinski definition) is 0. The predicted octanol–water partition coefficient (Wildman–Crippen LogP) is 1.99. The Morgan fingerprint density at radius 1 is 1.70 bits per heavy atom. The Balaban J connectivity index is 3.04. The number of pyridine rings is 1. The molecule has 1 heterocycles. The van der Waals surface area contributed by atoms with Crippen LogP contribution < -0.4 is 4.74 Å². The van der Waals surface area contributed by atoms with Gasteiger partial charge in [-0.25, -0.2) is 9.37 Å². The fraction of sp³-hybridized carbons (Fsp3) is 0.167. The highest BCUT2D eigenvalue weighted by Crippen LogP contribution is 2.16. The molecule has 0 N–H and O–H groups in total. The minimum Gasteiger partial charge on any atom is -0.495 e. The van der Waals surface area contributed by atoms with Gasteiger partial charge in [-0.2, -0.15) is 0 Å². The molecule has 0 aliphatic carbocycles. The third-order valence-electron chi connectivity index (χ3n) is 1.01. The van der Waals surface area contributed by atoms with Crippen molar-refractivity contribution in [2.45, 2.75) is 0 Å². The van der Waals surface area contributed by atoms with Gasteiger partial charge < -0.3 is 4.74 Å². The van der Waals surface area contributed by atoms with Gasteiger partial charge in [0.1, 0.15) is 10.4 Å². The molecule has 0 aromatic carbocycles. The molecule has 10 heavy (non-hydrogen) atoms. The molecule has 0 aliphatic rings. The van der Waals surface area contributed by atoms with Crippen molar-refractivity contribution in [3.63, 3.8) is 0 Å². The first-order chi connectivity index (χ1) is 4.74. The van der Waals surface area contributed by atoms with Crippen LogP contribution in [0.1, 0.15) is 0 Å². The van der Waals surface area contributed by atoms with Crippen LogP contribution in [0, 0.1) is 5.82 Å². The summed E-state index contributed by atoms with van der Waals surface area (Å²) >= 11 is 2.92. The first-order valence-electron chi connectivity index (χ1n) is 2.59. The summed E-state index contributed by atoms with van der Waals surface area (Å²) in [6.07, 6.45) is 1.44. The van der Waals surface area contributed by atoms with E-state index in [9.17, 15) is 4.39 Å². The number of ether oxygens (including phenoxy) is 1. The fourth-order valence-corrected chi connectivity index (χ4v) is 0.732. The molecule has 0 saturated carbocycles. The van der Waals surface area contributed by atoms with Crippen LogP contribution in [0.4, 0.5) is 4.39 Å². The van der Waals surface area contributed by atoms with Gasteiger partial charge in [-0.3, -0.25) is 0 Å². The maximum atomic E-state index is 12.6. The van der Waals surface area contributed by atoms with Crippen molar-refractivity contribution in [2.24, 2.45) is 0 Å². The van der Waals surface area contributed by atoms with Crippen LogP contribution >= 0.6 is 15.9 Å². The van der Waals surface area contributed by atoms with Gasteiger partial charge in [0.05, 0.1) is 13.3 Å². The molecule has 0 aliphatic heterocycles. The molecule has 0 unspecified atom stereocenters. The quantitative estimate of drug-likeness (QED) is 0.655. The summed E-state index contributed by atoms with van der Waals surface area (Å²) in [5.41, 5.74) is 0. The van der Waals surface area contributed by atoms with E-state index in [2.05, 4.69) is 20.9 Å². The van der Waals surface area contributed by atoms with Gasteiger partial charge in [-0.1, -0.05) is 0 Å². The standard InChI is InChI=1S/C6H5BrFNO/c1-10-4-2-5(8)6(7)9-3-4/h2-3H,1H3. The zero-order valence-electron chi connectivity index (χ0n) is 5.27. The highest BCUT2D eigenvalue weighted by Gasteiger charge is 2.00. The molecule has 0 saturated heterocycles. The average molecular weight is 206 g/mol. The Kier molecular flexibility index (Phi) is 2.21. The lowest BCUT2D eigenvalue weighted by molar-refractivity contribution is 0.408. The van der Waals surface area contributed by atoms with Crippen LogP contribution in [0.3, 0.4) is 0 Å². The predicted molar refractivity (Wildman–Crippen MR) is 38.4 cm³/mol. The number of nitrogens with zero attached hydrogens (tertiary/aromatic N) is 1. The summed E-state index contributed by atoms with van der Waals surface area (Å²) in [4.78, 5) is 3.67. The lowest BCUT2D eigenvalue weighted by Gasteiger charge is -1.97. The minimum atomic E-state index is -0.417. The van der Waals surface area contributed by atoms with E-state index in [4.69, 9.17) is 4.74 Å². The summed E-state index contributed by atoms with van der Waals surface area (Å²) in [5.74, 6) is 0.0000463. The molecule has 0 amide bonds. The highest BCUT2D eigenvalue weighted by molar-refractivity contribution is 9.10. The molecule has 0 atom stereocenters. The maximum Gasteiger partial charge on any atom is 0.159 e. The Morgan fingerprint density at radius 3 is 2.90 bits per heavy atom. The van der Waals surface area contributed by atoms with E-state index in [0.29, 0.717) is 5.75 Å². The normalized spacial score (nSPS) is 9.50. The zero-order chi connectivity index (χ0) is 7.56. The van der Waals surface area contributed by atoms with E-state index in [-0.39, 0.29) is 4.60 Å². The van der Waals surface area contributed by atoms with Crippen molar-refractivity contribution >= 4 is 15.9 Å². The van der Waals surface area contributed by atoms with Crippen LogP contribution in [-0.2, 0) is 0 Å². The Morgan fingerprint density at radius 2 is 2.40 bits per heavy atom. The van der Waals surface area contributed by atoms with Crippen molar-refractivity contribution in [1.82, 2.24) is 4.98 Å². The van der Waals surface area contributed by atoms with E-state index in [1.165, 1.54) is 19.4 Å². The van der Waals surface area contributed by atoms with Crippen molar-refractivity contribution in [3.05, 3.63) is 22.7 Å². The van der Waals surface area contributed by atoms with Crippen molar-refractivity contribution in [3.8, 4) is 5.75 Å². The van der Waals surface area contributed by atoms with E-state index < -0.39 is 5.82 Å². The van der Waals surface area contributed by atoms with Crippen molar-refractivity contribution in [2.75, 3.05) is 7.11 Å². The molecule has 4 heteroatoms. The molecule has 0 bridgehead atoms. The van der Waals surface area contributed by atoms with Crippen LogP contribution in [0.25, 0.3) is 0 Å². The number of halogens is 2. The van der Waals surface area contributed by atoms with Gasteiger partial charge in [0.25, 0.3) is 0 Å². The zero-order valence-corrected chi connectivity index (χ0v) is 6.85. The van der Waals surface area contributed by atoms with Crippen LogP contribution in [-0.4, -0.2) is 12.1 Å². The molecular formula is C6H5BrFNO. The molecule has 0 radical (unpaired) electrons. The largest absolute Gasteiger partial charge is 0.495 e. The van der Waals surface area contributed by atoms with Gasteiger partial charge in [-0.15, -0.1) is 0 Å². The van der Waals surface area contributed by atoms with E-state index in [1.807, 2.05) is 0 Å². The maximum absolute atomic E-state index is 12.6. The summed E-state index contributed by atoms with van der Waals surface area (Å²) in [5, 5.41) is 0. The van der Waals surface area contributed by atoms with Crippen LogP contribution in [0.2, 0.25) is 0 Å². The van der Waals surface area contributed by atoms with Gasteiger partial charge in [-0.05, 0) is 15.9 Å². The summed E-state index contributed by atoms with van der Waals surface area (Å²) in [6.45, 7) is 0. The first-order valence-corrected chi connectivity index (χ1v) is 3.38. The van der Waals surface area contributed by atoms with E-state index in [1.54, 1.807) is 0 Å². The number of methoxy groups -OCH3 is 1. The first kappa shape index (κ1) is 7.47. The molecule has 0 spiro atoms. The minimum absolute atomic E-state index is 0.202. The van der Waals surface area contributed by atoms with Gasteiger partial charge in [0.15, 0.2) is 5.82 Å². The third kappa shape index (κ3) is 1.44. The molecule has 2 nitrogen and oxygen atoms in total. The Hall–Kier alpha value is -0.640. The number of hydrogen-bond acceptors (Lipinski definition) is 2. The number of rotatable bonds is 1. The molecular weight excluding hydrogens is 201 g/mol. The smallest absolute Gasteiger partial charge is 0.159 e. The van der Waals surface area contributed by atoms with Gasteiger partial charge in [0, 0.05) is 6.07 Å². The molecule has 54 valence electrons. The lowest BCUT2D eigenvalue weighted by Crippen LogP contribution is -1.87. The fourth-order valence-electron chi connectivity index (χ4n) is 0.515. The van der Waals surface area contributed by atoms with Crippen LogP contribution in [0.15, 0.2) is 16.9 Å². The molecule has 0 fully saturated rings. The van der Waals surface area contributed by atoms with Crippen LogP contribution in [0.5, 0.6) is 5.75 Å². The van der Waals surface area contributed by atoms with Gasteiger partial charge >= 0.3 is 0 Å². The molecule has 1 rings (SSSR count). The second-order valence-corrected chi connectivity index (χ2v) is 2.40.